The third kappa shape index (κ3) is 20.8. The number of allylic oxidation sites excluding steroid dienone is 1. The normalized spacial score (nSPS) is 12.6. The summed E-state index contributed by atoms with van der Waals surface area (Å²) < 4.78 is 29.4. The molecule has 0 aromatic carbocycles. The van der Waals surface area contributed by atoms with Gasteiger partial charge in [0.1, 0.15) is 0 Å². The largest absolute Gasteiger partial charge is 1.00 e. The second kappa shape index (κ2) is 15.6. The first-order chi connectivity index (χ1) is 9.45. The Morgan fingerprint density at radius 1 is 1.14 bits per heavy atom. The Kier molecular flexibility index (Phi) is 17.9. The van der Waals surface area contributed by atoms with Crippen LogP contribution in [0, 0.1) is 0 Å². The summed E-state index contributed by atoms with van der Waals surface area (Å²) in [5.74, 6) is -0.546. The monoisotopic (exact) mass is 343 g/mol. The van der Waals surface area contributed by atoms with Crippen molar-refractivity contribution in [3.8, 4) is 0 Å². The summed E-state index contributed by atoms with van der Waals surface area (Å²) in [4.78, 5) is 3.79. The van der Waals surface area contributed by atoms with Crippen LogP contribution in [0.15, 0.2) is 17.1 Å². The van der Waals surface area contributed by atoms with Crippen LogP contribution < -0.4 is 56.5 Å². The van der Waals surface area contributed by atoms with E-state index >= 15 is 0 Å². The first-order valence-electron chi connectivity index (χ1n) is 7.29. The Labute approximate surface area is 171 Å². The van der Waals surface area contributed by atoms with Crippen LogP contribution in [0.1, 0.15) is 58.3 Å². The maximum Gasteiger partial charge on any atom is 1.00 e. The van der Waals surface area contributed by atoms with Crippen molar-refractivity contribution in [2.75, 3.05) is 12.3 Å². The van der Waals surface area contributed by atoms with Crippen molar-refractivity contribution in [1.29, 1.82) is 0 Å². The van der Waals surface area contributed by atoms with E-state index in [2.05, 4.69) is 11.9 Å². The topological polar surface area (TPSA) is 89.8 Å². The molecule has 0 aromatic rings. The van der Waals surface area contributed by atoms with Gasteiger partial charge in [-0.25, -0.2) is 0 Å². The van der Waals surface area contributed by atoms with Crippen molar-refractivity contribution >= 4 is 16.0 Å². The summed E-state index contributed by atoms with van der Waals surface area (Å²) in [6.45, 7) is 2.48. The first kappa shape index (κ1) is 24.0. The molecule has 0 fully saturated rings. The van der Waals surface area contributed by atoms with E-state index in [-0.39, 0.29) is 63.0 Å². The number of hydrogen-bond donors (Lipinski definition) is 1. The Balaban J connectivity index is 0. The standard InChI is InChI=1S/C14H27NO4S.K/c1-2-3-4-5-6-7-8-11-14(16)15-12-9-10-13-20(17,18)19;/h8,11H,2-7,9-10,12-13H2,1H3,(H,15,16)(H,17,18,19);/q;+1/p-1/b11-8+;. The van der Waals surface area contributed by atoms with E-state index < -0.39 is 10.1 Å². The van der Waals surface area contributed by atoms with Gasteiger partial charge in [-0.3, -0.25) is 4.55 Å². The minimum Gasteiger partial charge on any atom is -0.859 e. The van der Waals surface area contributed by atoms with E-state index in [1.807, 2.05) is 6.08 Å². The molecule has 0 radical (unpaired) electrons. The van der Waals surface area contributed by atoms with E-state index in [1.54, 1.807) is 0 Å². The summed E-state index contributed by atoms with van der Waals surface area (Å²) in [5.41, 5.74) is 0. The van der Waals surface area contributed by atoms with E-state index in [1.165, 1.54) is 31.8 Å². The zero-order valence-electron chi connectivity index (χ0n) is 13.3. The molecule has 0 saturated carbocycles. The second-order valence-corrected chi connectivity index (χ2v) is 6.39. The SMILES string of the molecule is CCCCCCC/C=C/C([O-])=NCCCCS(=O)(=O)O.[K+]. The van der Waals surface area contributed by atoms with Gasteiger partial charge in [-0.05, 0) is 31.6 Å². The van der Waals surface area contributed by atoms with Crippen LogP contribution in [-0.2, 0) is 10.1 Å². The van der Waals surface area contributed by atoms with Crippen molar-refractivity contribution < 1.29 is 69.5 Å². The molecule has 1 N–H and O–H groups in total. The molecule has 0 amide bonds. The van der Waals surface area contributed by atoms with Gasteiger partial charge in [0, 0.05) is 6.54 Å². The van der Waals surface area contributed by atoms with Crippen LogP contribution in [-0.4, -0.2) is 31.2 Å². The van der Waals surface area contributed by atoms with Crippen LogP contribution >= 0.6 is 0 Å². The third-order valence-electron chi connectivity index (χ3n) is 2.81. The molecule has 0 bridgehead atoms. The van der Waals surface area contributed by atoms with Gasteiger partial charge in [0.25, 0.3) is 10.1 Å². The molecular weight excluding hydrogens is 317 g/mol. The molecule has 0 aliphatic carbocycles. The number of hydrogen-bond acceptors (Lipinski definition) is 4. The summed E-state index contributed by atoms with van der Waals surface area (Å²) in [6.07, 6.45) is 11.0. The van der Waals surface area contributed by atoms with E-state index in [4.69, 9.17) is 4.55 Å². The average Bonchev–Trinajstić information content (AvgIpc) is 2.36. The molecule has 7 heteroatoms. The van der Waals surface area contributed by atoms with Crippen molar-refractivity contribution in [3.63, 3.8) is 0 Å². The molecule has 5 nitrogen and oxygen atoms in total. The smallest absolute Gasteiger partial charge is 0.859 e. The maximum absolute atomic E-state index is 11.3. The molecule has 0 aliphatic rings. The van der Waals surface area contributed by atoms with Crippen LogP contribution in [0.25, 0.3) is 0 Å². The minimum atomic E-state index is -3.89. The minimum absolute atomic E-state index is 0. The van der Waals surface area contributed by atoms with Gasteiger partial charge < -0.3 is 10.1 Å². The number of aliphatic imine (C=N–C) groups is 1. The average molecular weight is 344 g/mol. The van der Waals surface area contributed by atoms with Crippen LogP contribution in [0.2, 0.25) is 0 Å². The van der Waals surface area contributed by atoms with Crippen molar-refractivity contribution in [2.24, 2.45) is 4.99 Å². The predicted molar refractivity (Wildman–Crippen MR) is 80.5 cm³/mol. The molecule has 0 saturated heterocycles. The van der Waals surface area contributed by atoms with E-state index in [0.717, 1.165) is 12.8 Å². The molecular formula is C14H26KNO4S. The summed E-state index contributed by atoms with van der Waals surface area (Å²) in [6, 6.07) is 0. The van der Waals surface area contributed by atoms with Crippen LogP contribution in [0.3, 0.4) is 0 Å². The summed E-state index contributed by atoms with van der Waals surface area (Å²) >= 11 is 0. The summed E-state index contributed by atoms with van der Waals surface area (Å²) in [7, 11) is -3.89. The first-order valence-corrected chi connectivity index (χ1v) is 8.90. The van der Waals surface area contributed by atoms with Gasteiger partial charge >= 0.3 is 51.4 Å². The molecule has 0 aliphatic heterocycles. The van der Waals surface area contributed by atoms with Crippen LogP contribution in [0.4, 0.5) is 0 Å². The molecule has 21 heavy (non-hydrogen) atoms. The van der Waals surface area contributed by atoms with Gasteiger partial charge in [0.2, 0.25) is 0 Å². The van der Waals surface area contributed by atoms with Gasteiger partial charge in [0.15, 0.2) is 0 Å². The molecule has 0 unspecified atom stereocenters. The van der Waals surface area contributed by atoms with Gasteiger partial charge in [-0.2, -0.15) is 8.42 Å². The van der Waals surface area contributed by atoms with Crippen molar-refractivity contribution in [1.82, 2.24) is 0 Å². The quantitative estimate of drug-likeness (QED) is 0.167. The van der Waals surface area contributed by atoms with Crippen molar-refractivity contribution in [2.45, 2.75) is 58.3 Å². The van der Waals surface area contributed by atoms with Gasteiger partial charge in [-0.15, -0.1) is 0 Å². The Morgan fingerprint density at radius 2 is 1.81 bits per heavy atom. The molecule has 0 heterocycles. The third-order valence-corrected chi connectivity index (χ3v) is 3.62. The van der Waals surface area contributed by atoms with Gasteiger partial charge in [0.05, 0.1) is 5.75 Å². The fraction of sp³-hybridized carbons (Fsp3) is 0.786. The van der Waals surface area contributed by atoms with E-state index in [9.17, 15) is 13.5 Å². The fourth-order valence-electron chi connectivity index (χ4n) is 1.69. The Morgan fingerprint density at radius 3 is 2.43 bits per heavy atom. The molecule has 0 atom stereocenters. The predicted octanol–water partition coefficient (Wildman–Crippen LogP) is -0.666. The Bertz CT molecular complexity index is 394. The van der Waals surface area contributed by atoms with Crippen LogP contribution in [0.5, 0.6) is 0 Å². The zero-order valence-corrected chi connectivity index (χ0v) is 17.2. The number of nitrogens with zero attached hydrogens (tertiary/aromatic N) is 1. The van der Waals surface area contributed by atoms with Crippen molar-refractivity contribution in [3.05, 3.63) is 12.2 Å². The maximum atomic E-state index is 11.3. The molecule has 0 spiro atoms. The molecule has 118 valence electrons. The summed E-state index contributed by atoms with van der Waals surface area (Å²) in [5, 5.41) is 11.3. The van der Waals surface area contributed by atoms with E-state index in [0.29, 0.717) is 19.4 Å². The number of rotatable bonds is 12. The molecule has 0 rings (SSSR count). The second-order valence-electron chi connectivity index (χ2n) is 4.82. The Hall–Kier alpha value is 0.756. The fourth-order valence-corrected chi connectivity index (χ4v) is 2.26. The molecule has 0 aromatic heterocycles. The van der Waals surface area contributed by atoms with Gasteiger partial charge in [-0.1, -0.05) is 44.8 Å². The zero-order chi connectivity index (χ0) is 15.3. The number of unbranched alkanes of at least 4 members (excludes halogenated alkanes) is 6.